The van der Waals surface area contributed by atoms with Crippen molar-refractivity contribution in [3.05, 3.63) is 29.8 Å². The van der Waals surface area contributed by atoms with Gasteiger partial charge in [-0.2, -0.15) is 0 Å². The number of ether oxygens (including phenoxy) is 1. The van der Waals surface area contributed by atoms with Crippen LogP contribution in [0, 0.1) is 0 Å². The molecule has 0 radical (unpaired) electrons. The molecule has 1 N–H and O–H groups in total. The number of aryl methyl sites for hydroxylation is 1. The molecular formula is C20H29N3O3. The number of carbonyl (C=O) groups excluding carboxylic acids is 2. The van der Waals surface area contributed by atoms with Crippen LogP contribution in [-0.4, -0.2) is 54.7 Å². The van der Waals surface area contributed by atoms with Gasteiger partial charge in [0.15, 0.2) is 0 Å². The summed E-state index contributed by atoms with van der Waals surface area (Å²) in [6, 6.07) is 7.94. The smallest absolute Gasteiger partial charge is 0.317 e. The Labute approximate surface area is 155 Å². The number of nitrogens with zero attached hydrogens (tertiary/aromatic N) is 2. The molecule has 3 rings (SSSR count). The minimum absolute atomic E-state index is 0.0102. The van der Waals surface area contributed by atoms with Gasteiger partial charge in [-0.1, -0.05) is 18.2 Å². The number of hydrogen-bond donors (Lipinski definition) is 1. The number of fused-ring (bicyclic) bond motifs is 1. The van der Waals surface area contributed by atoms with E-state index < -0.39 is 0 Å². The molecule has 1 aromatic carbocycles. The van der Waals surface area contributed by atoms with Gasteiger partial charge >= 0.3 is 6.03 Å². The molecule has 6 nitrogen and oxygen atoms in total. The monoisotopic (exact) mass is 359 g/mol. The van der Waals surface area contributed by atoms with E-state index in [0.29, 0.717) is 26.1 Å². The lowest BCUT2D eigenvalue weighted by Crippen LogP contribution is -2.56. The molecule has 0 aliphatic carbocycles. The average molecular weight is 359 g/mol. The molecule has 2 aliphatic rings. The van der Waals surface area contributed by atoms with Gasteiger partial charge in [0, 0.05) is 31.7 Å². The Kier molecular flexibility index (Phi) is 5.51. The maximum atomic E-state index is 12.6. The number of benzene rings is 1. The number of hydrogen-bond acceptors (Lipinski definition) is 3. The maximum absolute atomic E-state index is 12.6. The van der Waals surface area contributed by atoms with Gasteiger partial charge in [0.2, 0.25) is 5.91 Å². The topological polar surface area (TPSA) is 61.9 Å². The number of morpholine rings is 1. The third-order valence-corrected chi connectivity index (χ3v) is 4.88. The van der Waals surface area contributed by atoms with Crippen molar-refractivity contribution < 1.29 is 14.3 Å². The molecule has 2 heterocycles. The van der Waals surface area contributed by atoms with Crippen LogP contribution in [-0.2, 0) is 16.0 Å². The minimum atomic E-state index is -0.345. The fourth-order valence-electron chi connectivity index (χ4n) is 3.92. The van der Waals surface area contributed by atoms with Crippen molar-refractivity contribution in [3.63, 3.8) is 0 Å². The summed E-state index contributed by atoms with van der Waals surface area (Å²) in [7, 11) is 0. The first-order valence-electron chi connectivity index (χ1n) is 9.44. The van der Waals surface area contributed by atoms with E-state index in [2.05, 4.69) is 11.4 Å². The van der Waals surface area contributed by atoms with Crippen LogP contribution >= 0.6 is 0 Å². The SMILES string of the molecule is C[C@@H]1CN(C(=O)NCCC(=O)N2CCCc3ccccc32)CC(C)(C)O1. The molecule has 0 aromatic heterocycles. The highest BCUT2D eigenvalue weighted by molar-refractivity contribution is 5.94. The van der Waals surface area contributed by atoms with E-state index in [1.54, 1.807) is 4.90 Å². The Hall–Kier alpha value is -2.08. The quantitative estimate of drug-likeness (QED) is 0.902. The molecule has 0 unspecified atom stereocenters. The molecule has 142 valence electrons. The summed E-state index contributed by atoms with van der Waals surface area (Å²) in [6.45, 7) is 8.17. The number of nitrogens with one attached hydrogen (secondary N) is 1. The summed E-state index contributed by atoms with van der Waals surface area (Å²) in [4.78, 5) is 28.7. The summed E-state index contributed by atoms with van der Waals surface area (Å²) < 4.78 is 5.83. The van der Waals surface area contributed by atoms with Gasteiger partial charge in [-0.05, 0) is 45.2 Å². The van der Waals surface area contributed by atoms with E-state index in [9.17, 15) is 9.59 Å². The Balaban J connectivity index is 1.51. The van der Waals surface area contributed by atoms with Crippen molar-refractivity contribution in [3.8, 4) is 0 Å². The fourth-order valence-corrected chi connectivity index (χ4v) is 3.92. The van der Waals surface area contributed by atoms with Crippen molar-refractivity contribution in [1.82, 2.24) is 10.2 Å². The van der Waals surface area contributed by atoms with Crippen molar-refractivity contribution >= 4 is 17.6 Å². The number of carbonyl (C=O) groups is 2. The molecule has 3 amide bonds. The lowest BCUT2D eigenvalue weighted by molar-refractivity contribution is -0.119. The molecule has 0 saturated carbocycles. The molecule has 1 fully saturated rings. The van der Waals surface area contributed by atoms with Crippen LogP contribution in [0.15, 0.2) is 24.3 Å². The zero-order chi connectivity index (χ0) is 18.7. The van der Waals surface area contributed by atoms with E-state index in [0.717, 1.165) is 25.1 Å². The summed E-state index contributed by atoms with van der Waals surface area (Å²) in [6.07, 6.45) is 2.32. The highest BCUT2D eigenvalue weighted by Gasteiger charge is 2.33. The molecule has 1 aromatic rings. The third kappa shape index (κ3) is 4.36. The van der Waals surface area contributed by atoms with Crippen LogP contribution in [0.3, 0.4) is 0 Å². The van der Waals surface area contributed by atoms with Crippen LogP contribution in [0.4, 0.5) is 10.5 Å². The normalized spacial score (nSPS) is 21.9. The lowest BCUT2D eigenvalue weighted by Gasteiger charge is -2.41. The van der Waals surface area contributed by atoms with E-state index in [1.165, 1.54) is 5.56 Å². The van der Waals surface area contributed by atoms with Gasteiger partial charge in [0.1, 0.15) is 0 Å². The van der Waals surface area contributed by atoms with Crippen molar-refractivity contribution in [2.75, 3.05) is 31.1 Å². The molecule has 26 heavy (non-hydrogen) atoms. The predicted molar refractivity (Wildman–Crippen MR) is 101 cm³/mol. The van der Waals surface area contributed by atoms with Gasteiger partial charge in [0.25, 0.3) is 0 Å². The van der Waals surface area contributed by atoms with Crippen molar-refractivity contribution in [2.24, 2.45) is 0 Å². The van der Waals surface area contributed by atoms with Gasteiger partial charge < -0.3 is 19.9 Å². The molecule has 1 atom stereocenters. The lowest BCUT2D eigenvalue weighted by atomic mass is 10.0. The molecular weight excluding hydrogens is 330 g/mol. The Morgan fingerprint density at radius 2 is 2.08 bits per heavy atom. The van der Waals surface area contributed by atoms with Crippen LogP contribution < -0.4 is 10.2 Å². The van der Waals surface area contributed by atoms with Gasteiger partial charge in [-0.15, -0.1) is 0 Å². The van der Waals surface area contributed by atoms with Crippen LogP contribution in [0.25, 0.3) is 0 Å². The van der Waals surface area contributed by atoms with Crippen molar-refractivity contribution in [2.45, 2.75) is 51.7 Å². The molecule has 6 heteroatoms. The van der Waals surface area contributed by atoms with Crippen LogP contribution in [0.2, 0.25) is 0 Å². The standard InChI is InChI=1S/C20H29N3O3/c1-15-13-22(14-20(2,3)26-15)19(25)21-11-10-18(24)23-12-6-8-16-7-4-5-9-17(16)23/h4-5,7,9,15H,6,8,10-14H2,1-3H3,(H,21,25)/t15-/m1/s1. The summed E-state index contributed by atoms with van der Waals surface area (Å²) in [5, 5.41) is 2.89. The van der Waals surface area contributed by atoms with E-state index >= 15 is 0 Å². The van der Waals surface area contributed by atoms with Crippen LogP contribution in [0.1, 0.15) is 39.2 Å². The summed E-state index contributed by atoms with van der Waals surface area (Å²) >= 11 is 0. The first-order valence-corrected chi connectivity index (χ1v) is 9.44. The zero-order valence-corrected chi connectivity index (χ0v) is 16.0. The fraction of sp³-hybridized carbons (Fsp3) is 0.600. The maximum Gasteiger partial charge on any atom is 0.317 e. The molecule has 1 saturated heterocycles. The van der Waals surface area contributed by atoms with Gasteiger partial charge in [-0.25, -0.2) is 4.79 Å². The first kappa shape index (κ1) is 18.7. The number of amides is 3. The van der Waals surface area contributed by atoms with Gasteiger partial charge in [-0.3, -0.25) is 4.79 Å². The second kappa shape index (κ2) is 7.66. The van der Waals surface area contributed by atoms with Crippen molar-refractivity contribution in [1.29, 1.82) is 0 Å². The second-order valence-corrected chi connectivity index (χ2v) is 7.83. The van der Waals surface area contributed by atoms with E-state index in [4.69, 9.17) is 4.74 Å². The molecule has 0 spiro atoms. The minimum Gasteiger partial charge on any atom is -0.369 e. The number of rotatable bonds is 3. The Morgan fingerprint density at radius 1 is 1.31 bits per heavy atom. The van der Waals surface area contributed by atoms with E-state index in [1.807, 2.05) is 43.9 Å². The van der Waals surface area contributed by atoms with Crippen LogP contribution in [0.5, 0.6) is 0 Å². The first-order chi connectivity index (χ1) is 12.4. The molecule has 0 bridgehead atoms. The Bertz CT molecular complexity index is 674. The number of urea groups is 1. The third-order valence-electron chi connectivity index (χ3n) is 4.88. The zero-order valence-electron chi connectivity index (χ0n) is 16.0. The average Bonchev–Trinajstić information content (AvgIpc) is 2.59. The number of para-hydroxylation sites is 1. The van der Waals surface area contributed by atoms with Gasteiger partial charge in [0.05, 0.1) is 18.2 Å². The second-order valence-electron chi connectivity index (χ2n) is 7.83. The highest BCUT2D eigenvalue weighted by atomic mass is 16.5. The summed E-state index contributed by atoms with van der Waals surface area (Å²) in [5.41, 5.74) is 1.89. The predicted octanol–water partition coefficient (Wildman–Crippen LogP) is 2.56. The number of anilines is 1. The Morgan fingerprint density at radius 3 is 2.85 bits per heavy atom. The highest BCUT2D eigenvalue weighted by Crippen LogP contribution is 2.27. The largest absolute Gasteiger partial charge is 0.369 e. The van der Waals surface area contributed by atoms with E-state index in [-0.39, 0.29) is 23.6 Å². The summed E-state index contributed by atoms with van der Waals surface area (Å²) in [5.74, 6) is 0.0631. The molecule has 2 aliphatic heterocycles.